The van der Waals surface area contributed by atoms with Crippen LogP contribution in [-0.4, -0.2) is 6.61 Å². The third kappa shape index (κ3) is 4.01. The molecule has 1 nitrogen and oxygen atoms in total. The molecule has 0 N–H and O–H groups in total. The van der Waals surface area contributed by atoms with Gasteiger partial charge in [-0.15, -0.1) is 6.58 Å². The van der Waals surface area contributed by atoms with Crippen LogP contribution in [0.25, 0.3) is 0 Å². The number of ether oxygens (including phenoxy) is 1. The fourth-order valence-corrected chi connectivity index (χ4v) is 1.35. The van der Waals surface area contributed by atoms with Crippen LogP contribution >= 0.6 is 0 Å². The maximum absolute atomic E-state index is 13.1. The third-order valence-electron chi connectivity index (χ3n) is 2.23. The summed E-state index contributed by atoms with van der Waals surface area (Å²) in [5, 5.41) is 0. The van der Waals surface area contributed by atoms with Crippen LogP contribution in [0.2, 0.25) is 0 Å². The van der Waals surface area contributed by atoms with Gasteiger partial charge in [-0.05, 0) is 37.8 Å². The number of rotatable bonds is 7. The molecule has 16 heavy (non-hydrogen) atoms. The number of benzene rings is 1. The molecule has 0 fully saturated rings. The molecular formula is C13H16F2O. The van der Waals surface area contributed by atoms with Crippen LogP contribution < -0.4 is 4.74 Å². The summed E-state index contributed by atoms with van der Waals surface area (Å²) in [5.74, 6) is -1.79. The summed E-state index contributed by atoms with van der Waals surface area (Å²) >= 11 is 0. The molecule has 0 aliphatic rings. The quantitative estimate of drug-likeness (QED) is 0.502. The van der Waals surface area contributed by atoms with Crippen LogP contribution in [0.5, 0.6) is 5.75 Å². The van der Waals surface area contributed by atoms with Crippen molar-refractivity contribution in [3.05, 3.63) is 42.5 Å². The number of hydrogen-bond donors (Lipinski definition) is 0. The lowest BCUT2D eigenvalue weighted by atomic mass is 10.2. The first-order valence-electron chi connectivity index (χ1n) is 5.43. The summed E-state index contributed by atoms with van der Waals surface area (Å²) < 4.78 is 31.1. The molecule has 0 amide bonds. The second kappa shape index (κ2) is 6.99. The van der Waals surface area contributed by atoms with Crippen molar-refractivity contribution >= 4 is 0 Å². The number of allylic oxidation sites excluding steroid dienone is 1. The van der Waals surface area contributed by atoms with E-state index in [1.165, 1.54) is 12.1 Å². The van der Waals surface area contributed by atoms with Gasteiger partial charge in [0.05, 0.1) is 6.61 Å². The molecule has 0 bridgehead atoms. The highest BCUT2D eigenvalue weighted by Gasteiger charge is 2.07. The Hall–Kier alpha value is -1.38. The summed E-state index contributed by atoms with van der Waals surface area (Å²) in [7, 11) is 0. The molecule has 0 aliphatic heterocycles. The van der Waals surface area contributed by atoms with Gasteiger partial charge >= 0.3 is 0 Å². The first-order chi connectivity index (χ1) is 7.75. The van der Waals surface area contributed by atoms with E-state index in [1.54, 1.807) is 0 Å². The Labute approximate surface area is 94.7 Å². The van der Waals surface area contributed by atoms with Crippen molar-refractivity contribution < 1.29 is 13.5 Å². The third-order valence-corrected chi connectivity index (χ3v) is 2.23. The molecule has 1 aromatic rings. The Kier molecular flexibility index (Phi) is 5.54. The minimum Gasteiger partial charge on any atom is -0.490 e. The Morgan fingerprint density at radius 3 is 2.75 bits per heavy atom. The van der Waals surface area contributed by atoms with Gasteiger partial charge in [0.1, 0.15) is 0 Å². The molecule has 0 radical (unpaired) electrons. The van der Waals surface area contributed by atoms with Gasteiger partial charge in [0.25, 0.3) is 0 Å². The van der Waals surface area contributed by atoms with E-state index in [0.29, 0.717) is 6.61 Å². The topological polar surface area (TPSA) is 9.23 Å². The van der Waals surface area contributed by atoms with Gasteiger partial charge in [-0.25, -0.2) is 4.39 Å². The highest BCUT2D eigenvalue weighted by Crippen LogP contribution is 2.19. The molecule has 88 valence electrons. The number of halogens is 2. The molecule has 0 aromatic heterocycles. The average Bonchev–Trinajstić information content (AvgIpc) is 2.29. The fraction of sp³-hybridized carbons (Fsp3) is 0.385. The standard InChI is InChI=1S/C13H16F2O/c1-2-3-4-5-6-10-16-12-9-7-8-11(14)13(12)15/h2,7-9H,1,3-6,10H2. The van der Waals surface area contributed by atoms with Crippen molar-refractivity contribution in [3.63, 3.8) is 0 Å². The SMILES string of the molecule is C=CCCCCCOc1cccc(F)c1F. The van der Waals surface area contributed by atoms with E-state index >= 15 is 0 Å². The predicted octanol–water partition coefficient (Wildman–Crippen LogP) is 4.09. The summed E-state index contributed by atoms with van der Waals surface area (Å²) in [6.45, 7) is 4.04. The molecule has 3 heteroatoms. The molecule has 0 atom stereocenters. The molecule has 0 aliphatic carbocycles. The molecule has 0 spiro atoms. The Balaban J connectivity index is 2.26. The number of unbranched alkanes of at least 4 members (excludes halogenated alkanes) is 3. The lowest BCUT2D eigenvalue weighted by Crippen LogP contribution is -2.00. The maximum Gasteiger partial charge on any atom is 0.200 e. The first-order valence-corrected chi connectivity index (χ1v) is 5.43. The Bertz CT molecular complexity index is 337. The van der Waals surface area contributed by atoms with Gasteiger partial charge in [0, 0.05) is 0 Å². The zero-order chi connectivity index (χ0) is 11.8. The van der Waals surface area contributed by atoms with Gasteiger partial charge in [-0.1, -0.05) is 12.1 Å². The van der Waals surface area contributed by atoms with Crippen LogP contribution in [0.1, 0.15) is 25.7 Å². The minimum atomic E-state index is -0.909. The fourth-order valence-electron chi connectivity index (χ4n) is 1.35. The number of hydrogen-bond acceptors (Lipinski definition) is 1. The largest absolute Gasteiger partial charge is 0.490 e. The summed E-state index contributed by atoms with van der Waals surface area (Å²) in [6, 6.07) is 3.94. The van der Waals surface area contributed by atoms with Gasteiger partial charge in [-0.2, -0.15) is 4.39 Å². The molecule has 0 heterocycles. The zero-order valence-corrected chi connectivity index (χ0v) is 9.22. The van der Waals surface area contributed by atoms with Crippen molar-refractivity contribution in [2.75, 3.05) is 6.61 Å². The minimum absolute atomic E-state index is 0.0104. The van der Waals surface area contributed by atoms with Crippen LogP contribution in [0.4, 0.5) is 8.78 Å². The van der Waals surface area contributed by atoms with E-state index < -0.39 is 11.6 Å². The van der Waals surface area contributed by atoms with Crippen LogP contribution in [-0.2, 0) is 0 Å². The second-order valence-electron chi connectivity index (χ2n) is 3.54. The molecule has 1 aromatic carbocycles. The van der Waals surface area contributed by atoms with Crippen molar-refractivity contribution in [3.8, 4) is 5.75 Å². The zero-order valence-electron chi connectivity index (χ0n) is 9.22. The lowest BCUT2D eigenvalue weighted by Gasteiger charge is -2.06. The van der Waals surface area contributed by atoms with E-state index in [2.05, 4.69) is 6.58 Å². The summed E-state index contributed by atoms with van der Waals surface area (Å²) in [6.07, 6.45) is 5.74. The lowest BCUT2D eigenvalue weighted by molar-refractivity contribution is 0.285. The molecular weight excluding hydrogens is 210 g/mol. The van der Waals surface area contributed by atoms with E-state index in [-0.39, 0.29) is 5.75 Å². The highest BCUT2D eigenvalue weighted by molar-refractivity contribution is 5.24. The van der Waals surface area contributed by atoms with Crippen LogP contribution in [0.15, 0.2) is 30.9 Å². The van der Waals surface area contributed by atoms with E-state index in [1.807, 2.05) is 6.08 Å². The van der Waals surface area contributed by atoms with Gasteiger partial charge in [0.15, 0.2) is 11.6 Å². The van der Waals surface area contributed by atoms with Crippen LogP contribution in [0, 0.1) is 11.6 Å². The van der Waals surface area contributed by atoms with E-state index in [9.17, 15) is 8.78 Å². The summed E-state index contributed by atoms with van der Waals surface area (Å²) in [5.41, 5.74) is 0. The van der Waals surface area contributed by atoms with Crippen molar-refractivity contribution in [1.82, 2.24) is 0 Å². The molecule has 0 saturated heterocycles. The van der Waals surface area contributed by atoms with Crippen molar-refractivity contribution in [2.24, 2.45) is 0 Å². The summed E-state index contributed by atoms with van der Waals surface area (Å²) in [4.78, 5) is 0. The van der Waals surface area contributed by atoms with Crippen molar-refractivity contribution in [1.29, 1.82) is 0 Å². The van der Waals surface area contributed by atoms with E-state index in [0.717, 1.165) is 31.7 Å². The Morgan fingerprint density at radius 1 is 1.19 bits per heavy atom. The smallest absolute Gasteiger partial charge is 0.200 e. The monoisotopic (exact) mass is 226 g/mol. The molecule has 0 unspecified atom stereocenters. The molecule has 1 rings (SSSR count). The Morgan fingerprint density at radius 2 is 2.00 bits per heavy atom. The maximum atomic E-state index is 13.1. The van der Waals surface area contributed by atoms with Crippen molar-refractivity contribution in [2.45, 2.75) is 25.7 Å². The van der Waals surface area contributed by atoms with E-state index in [4.69, 9.17) is 4.74 Å². The van der Waals surface area contributed by atoms with Gasteiger partial charge in [0.2, 0.25) is 5.82 Å². The second-order valence-corrected chi connectivity index (χ2v) is 3.54. The average molecular weight is 226 g/mol. The van der Waals surface area contributed by atoms with Gasteiger partial charge in [-0.3, -0.25) is 0 Å². The molecule has 0 saturated carbocycles. The first kappa shape index (κ1) is 12.7. The highest BCUT2D eigenvalue weighted by atomic mass is 19.2. The normalized spacial score (nSPS) is 10.1. The predicted molar refractivity (Wildman–Crippen MR) is 60.5 cm³/mol. The van der Waals surface area contributed by atoms with Crippen LogP contribution in [0.3, 0.4) is 0 Å². The van der Waals surface area contributed by atoms with Gasteiger partial charge < -0.3 is 4.74 Å².